The number of hydrogen-bond donors (Lipinski definition) is 0. The Hall–Kier alpha value is -1.82. The molecule has 0 heterocycles. The second-order valence-electron chi connectivity index (χ2n) is 4.31. The molecule has 0 aliphatic rings. The van der Waals surface area contributed by atoms with Crippen LogP contribution in [-0.4, -0.2) is 12.9 Å². The highest BCUT2D eigenvalue weighted by Crippen LogP contribution is 2.24. The number of benzene rings is 2. The fourth-order valence-corrected chi connectivity index (χ4v) is 2.19. The van der Waals surface area contributed by atoms with E-state index in [-0.39, 0.29) is 12.0 Å². The first-order chi connectivity index (χ1) is 9.92. The van der Waals surface area contributed by atoms with E-state index in [1.54, 1.807) is 18.2 Å². The summed E-state index contributed by atoms with van der Waals surface area (Å²) in [6, 6.07) is 6.42. The Kier molecular flexibility index (Phi) is 4.67. The van der Waals surface area contributed by atoms with E-state index < -0.39 is 23.2 Å². The van der Waals surface area contributed by atoms with Crippen molar-refractivity contribution < 1.29 is 22.7 Å². The largest absolute Gasteiger partial charge is 0.497 e. The number of hydrogen-bond acceptors (Lipinski definition) is 2. The Balaban J connectivity index is 2.30. The molecule has 0 aliphatic heterocycles. The average Bonchev–Trinajstić information content (AvgIpc) is 2.46. The van der Waals surface area contributed by atoms with Crippen LogP contribution < -0.4 is 4.74 Å². The summed E-state index contributed by atoms with van der Waals surface area (Å²) < 4.78 is 44.9. The minimum Gasteiger partial charge on any atom is -0.497 e. The molecule has 6 heteroatoms. The normalized spacial score (nSPS) is 10.5. The second-order valence-corrected chi connectivity index (χ2v) is 5.17. The zero-order chi connectivity index (χ0) is 15.6. The highest BCUT2D eigenvalue weighted by molar-refractivity contribution is 9.10. The number of rotatable bonds is 4. The van der Waals surface area contributed by atoms with Crippen LogP contribution in [0.5, 0.6) is 5.75 Å². The van der Waals surface area contributed by atoms with Crippen molar-refractivity contribution in [2.45, 2.75) is 6.42 Å². The van der Waals surface area contributed by atoms with Crippen LogP contribution in [0.25, 0.3) is 0 Å². The molecule has 0 saturated heterocycles. The predicted octanol–water partition coefficient (Wildman–Crippen LogP) is 4.30. The number of Topliss-reactive ketones (excluding diaryl/α,β-unsaturated/α-hetero) is 1. The summed E-state index contributed by atoms with van der Waals surface area (Å²) in [6.45, 7) is 0. The standard InChI is InChI=1S/C15H10BrF3O2/c1-21-10-2-3-11(16)8(4-10)7-14(20)9-5-12(17)15(19)13(18)6-9/h2-6H,7H2,1H3. The molecule has 0 unspecified atom stereocenters. The van der Waals surface area contributed by atoms with Crippen LogP contribution in [0.2, 0.25) is 0 Å². The molecule has 0 bridgehead atoms. The lowest BCUT2D eigenvalue weighted by Gasteiger charge is -2.07. The summed E-state index contributed by atoms with van der Waals surface area (Å²) in [5.74, 6) is -4.33. The van der Waals surface area contributed by atoms with Gasteiger partial charge in [-0.15, -0.1) is 0 Å². The van der Waals surface area contributed by atoms with Gasteiger partial charge in [0, 0.05) is 16.5 Å². The molecule has 110 valence electrons. The molecule has 2 aromatic rings. The third-order valence-corrected chi connectivity index (χ3v) is 3.68. The molecule has 21 heavy (non-hydrogen) atoms. The molecular formula is C15H10BrF3O2. The van der Waals surface area contributed by atoms with Crippen molar-refractivity contribution in [3.8, 4) is 5.75 Å². The van der Waals surface area contributed by atoms with E-state index in [2.05, 4.69) is 15.9 Å². The van der Waals surface area contributed by atoms with Crippen LogP contribution in [0.4, 0.5) is 13.2 Å². The number of carbonyl (C=O) groups is 1. The molecule has 2 nitrogen and oxygen atoms in total. The van der Waals surface area contributed by atoms with E-state index in [1.165, 1.54) is 7.11 Å². The zero-order valence-electron chi connectivity index (χ0n) is 10.9. The Bertz CT molecular complexity index is 678. The summed E-state index contributed by atoms with van der Waals surface area (Å²) in [5, 5.41) is 0. The van der Waals surface area contributed by atoms with E-state index in [4.69, 9.17) is 4.74 Å². The Morgan fingerprint density at radius 2 is 1.76 bits per heavy atom. The first kappa shape index (κ1) is 15.6. The lowest BCUT2D eigenvalue weighted by atomic mass is 10.0. The molecule has 0 saturated carbocycles. The summed E-state index contributed by atoms with van der Waals surface area (Å²) >= 11 is 3.29. The molecule has 0 radical (unpaired) electrons. The monoisotopic (exact) mass is 358 g/mol. The summed E-state index contributed by atoms with van der Waals surface area (Å²) in [6.07, 6.45) is -0.0949. The van der Waals surface area contributed by atoms with Gasteiger partial charge in [-0.3, -0.25) is 4.79 Å². The van der Waals surface area contributed by atoms with Gasteiger partial charge < -0.3 is 4.74 Å². The van der Waals surface area contributed by atoms with Crippen molar-refractivity contribution in [2.24, 2.45) is 0 Å². The third-order valence-electron chi connectivity index (χ3n) is 2.91. The van der Waals surface area contributed by atoms with Gasteiger partial charge in [0.15, 0.2) is 23.2 Å². The van der Waals surface area contributed by atoms with Crippen LogP contribution in [-0.2, 0) is 6.42 Å². The van der Waals surface area contributed by atoms with Crippen molar-refractivity contribution in [3.63, 3.8) is 0 Å². The van der Waals surface area contributed by atoms with Crippen molar-refractivity contribution in [1.82, 2.24) is 0 Å². The Labute approximate surface area is 127 Å². The maximum Gasteiger partial charge on any atom is 0.194 e. The molecule has 2 rings (SSSR count). The number of ketones is 1. The van der Waals surface area contributed by atoms with E-state index in [0.29, 0.717) is 27.9 Å². The number of halogens is 4. The zero-order valence-corrected chi connectivity index (χ0v) is 12.5. The fraction of sp³-hybridized carbons (Fsp3) is 0.133. The lowest BCUT2D eigenvalue weighted by Crippen LogP contribution is -2.07. The lowest BCUT2D eigenvalue weighted by molar-refractivity contribution is 0.0991. The van der Waals surface area contributed by atoms with Gasteiger partial charge in [-0.05, 0) is 35.9 Å². The summed E-state index contributed by atoms with van der Waals surface area (Å²) in [7, 11) is 1.49. The number of ether oxygens (including phenoxy) is 1. The summed E-state index contributed by atoms with van der Waals surface area (Å²) in [5.41, 5.74) is 0.380. The van der Waals surface area contributed by atoms with Crippen LogP contribution in [0.15, 0.2) is 34.8 Å². The highest BCUT2D eigenvalue weighted by atomic mass is 79.9. The van der Waals surface area contributed by atoms with Gasteiger partial charge >= 0.3 is 0 Å². The maximum absolute atomic E-state index is 13.1. The molecule has 0 amide bonds. The van der Waals surface area contributed by atoms with Crippen LogP contribution in [0.3, 0.4) is 0 Å². The molecule has 2 aromatic carbocycles. The van der Waals surface area contributed by atoms with Gasteiger partial charge in [0.1, 0.15) is 5.75 Å². The predicted molar refractivity (Wildman–Crippen MR) is 75.0 cm³/mol. The van der Waals surface area contributed by atoms with E-state index >= 15 is 0 Å². The fourth-order valence-electron chi connectivity index (χ4n) is 1.81. The number of methoxy groups -OCH3 is 1. The van der Waals surface area contributed by atoms with Gasteiger partial charge in [0.2, 0.25) is 0 Å². The molecular weight excluding hydrogens is 349 g/mol. The molecule has 0 atom stereocenters. The van der Waals surface area contributed by atoms with E-state index in [1.807, 2.05) is 0 Å². The first-order valence-corrected chi connectivity index (χ1v) is 6.72. The van der Waals surface area contributed by atoms with Crippen LogP contribution in [0.1, 0.15) is 15.9 Å². The molecule has 0 fully saturated rings. The Morgan fingerprint density at radius 1 is 1.14 bits per heavy atom. The van der Waals surface area contributed by atoms with E-state index in [9.17, 15) is 18.0 Å². The third kappa shape index (κ3) is 3.44. The van der Waals surface area contributed by atoms with E-state index in [0.717, 1.165) is 0 Å². The molecule has 0 aliphatic carbocycles. The van der Waals surface area contributed by atoms with Gasteiger partial charge in [-0.1, -0.05) is 15.9 Å². The quantitative estimate of drug-likeness (QED) is 0.601. The topological polar surface area (TPSA) is 26.3 Å². The van der Waals surface area contributed by atoms with Crippen molar-refractivity contribution in [3.05, 3.63) is 63.4 Å². The Morgan fingerprint density at radius 3 is 2.33 bits per heavy atom. The van der Waals surface area contributed by atoms with Crippen LogP contribution >= 0.6 is 15.9 Å². The van der Waals surface area contributed by atoms with Gasteiger partial charge in [0.25, 0.3) is 0 Å². The molecule has 0 N–H and O–H groups in total. The van der Waals surface area contributed by atoms with Crippen molar-refractivity contribution in [2.75, 3.05) is 7.11 Å². The minimum atomic E-state index is -1.59. The van der Waals surface area contributed by atoms with Crippen molar-refractivity contribution >= 4 is 21.7 Å². The molecule has 0 aromatic heterocycles. The maximum atomic E-state index is 13.1. The highest BCUT2D eigenvalue weighted by Gasteiger charge is 2.16. The van der Waals surface area contributed by atoms with Gasteiger partial charge in [-0.25, -0.2) is 13.2 Å². The van der Waals surface area contributed by atoms with Gasteiger partial charge in [-0.2, -0.15) is 0 Å². The smallest absolute Gasteiger partial charge is 0.194 e. The second kappa shape index (κ2) is 6.30. The minimum absolute atomic E-state index is 0.0949. The first-order valence-electron chi connectivity index (χ1n) is 5.92. The van der Waals surface area contributed by atoms with Gasteiger partial charge in [0.05, 0.1) is 7.11 Å². The average molecular weight is 359 g/mol. The molecule has 0 spiro atoms. The number of carbonyl (C=O) groups excluding carboxylic acids is 1. The SMILES string of the molecule is COc1ccc(Br)c(CC(=O)c2cc(F)c(F)c(F)c2)c1. The van der Waals surface area contributed by atoms with Crippen LogP contribution in [0, 0.1) is 17.5 Å². The summed E-state index contributed by atoms with van der Waals surface area (Å²) in [4.78, 5) is 12.1. The van der Waals surface area contributed by atoms with Crippen molar-refractivity contribution in [1.29, 1.82) is 0 Å².